The summed E-state index contributed by atoms with van der Waals surface area (Å²) in [5.74, 6) is -0.944. The molecule has 1 spiro atoms. The number of ether oxygens (including phenoxy) is 2. The molecule has 1 aliphatic heterocycles. The van der Waals surface area contributed by atoms with Gasteiger partial charge in [0.05, 0.1) is 7.11 Å². The van der Waals surface area contributed by atoms with Crippen molar-refractivity contribution in [2.45, 2.75) is 45.6 Å². The van der Waals surface area contributed by atoms with E-state index >= 15 is 0 Å². The first-order chi connectivity index (χ1) is 14.5. The van der Waals surface area contributed by atoms with Gasteiger partial charge in [-0.25, -0.2) is 4.79 Å². The average Bonchev–Trinajstić information content (AvgIpc) is 2.88. The lowest BCUT2D eigenvalue weighted by Gasteiger charge is -2.43. The van der Waals surface area contributed by atoms with Crippen LogP contribution >= 0.6 is 0 Å². The minimum atomic E-state index is -0.984. The van der Waals surface area contributed by atoms with Crippen LogP contribution in [0.5, 0.6) is 5.75 Å². The molecular weight excluding hydrogens is 402 g/mol. The first-order valence-electron chi connectivity index (χ1n) is 10.3. The highest BCUT2D eigenvalue weighted by Crippen LogP contribution is 2.46. The Kier molecular flexibility index (Phi) is 6.24. The van der Waals surface area contributed by atoms with Gasteiger partial charge in [0, 0.05) is 11.8 Å². The molecule has 1 saturated carbocycles. The van der Waals surface area contributed by atoms with E-state index in [0.29, 0.717) is 24.3 Å². The molecule has 2 atom stereocenters. The van der Waals surface area contributed by atoms with E-state index in [9.17, 15) is 19.2 Å². The molecule has 168 valence electrons. The summed E-state index contributed by atoms with van der Waals surface area (Å²) in [7, 11) is 1.51. The van der Waals surface area contributed by atoms with Gasteiger partial charge in [-0.15, -0.1) is 0 Å². The highest BCUT2D eigenvalue weighted by Gasteiger charge is 2.56. The largest absolute Gasteiger partial charge is 0.497 e. The average molecular weight is 431 g/mol. The SMILES string of the molecule is COc1cccc(NC(=O)COC(=O)CN2C(=O)N[C@@]3(C[C@H](C)CC(C)(C)C3)C2=O)c1. The number of anilines is 1. The number of amides is 4. The molecule has 1 heterocycles. The summed E-state index contributed by atoms with van der Waals surface area (Å²) in [6, 6.07) is 6.13. The van der Waals surface area contributed by atoms with Crippen LogP contribution in [0.15, 0.2) is 24.3 Å². The number of rotatable bonds is 6. The van der Waals surface area contributed by atoms with Crippen LogP contribution in [0.1, 0.15) is 40.0 Å². The van der Waals surface area contributed by atoms with E-state index in [1.807, 2.05) is 0 Å². The van der Waals surface area contributed by atoms with Crippen molar-refractivity contribution in [3.63, 3.8) is 0 Å². The first-order valence-corrected chi connectivity index (χ1v) is 10.3. The third-order valence-corrected chi connectivity index (χ3v) is 5.63. The number of nitrogens with zero attached hydrogens (tertiary/aromatic N) is 1. The molecular formula is C22H29N3O6. The number of carbonyl (C=O) groups is 4. The molecule has 9 heteroatoms. The van der Waals surface area contributed by atoms with Crippen molar-refractivity contribution in [2.75, 3.05) is 25.6 Å². The zero-order valence-electron chi connectivity index (χ0n) is 18.3. The lowest BCUT2D eigenvalue weighted by Crippen LogP contribution is -2.54. The highest BCUT2D eigenvalue weighted by molar-refractivity contribution is 6.09. The standard InChI is InChI=1S/C22H29N3O6/c1-14-9-21(2,3)13-22(10-14)19(28)25(20(29)24-22)11-18(27)31-12-17(26)23-15-6-5-7-16(8-15)30-4/h5-8,14H,9-13H2,1-4H3,(H,23,26)(H,24,29)/t14-,22-/m1/s1. The van der Waals surface area contributed by atoms with Crippen molar-refractivity contribution < 1.29 is 28.7 Å². The van der Waals surface area contributed by atoms with Crippen LogP contribution in [0.2, 0.25) is 0 Å². The van der Waals surface area contributed by atoms with Crippen molar-refractivity contribution in [2.24, 2.45) is 11.3 Å². The number of hydrogen-bond donors (Lipinski definition) is 2. The van der Waals surface area contributed by atoms with Gasteiger partial charge in [0.2, 0.25) is 0 Å². The Morgan fingerprint density at radius 1 is 1.26 bits per heavy atom. The third-order valence-electron chi connectivity index (χ3n) is 5.63. The van der Waals surface area contributed by atoms with Crippen LogP contribution in [0.4, 0.5) is 10.5 Å². The Hall–Kier alpha value is -3.10. The van der Waals surface area contributed by atoms with E-state index < -0.39 is 42.5 Å². The Morgan fingerprint density at radius 2 is 2.00 bits per heavy atom. The normalized spacial score (nSPS) is 24.6. The fourth-order valence-electron chi connectivity index (χ4n) is 4.87. The van der Waals surface area contributed by atoms with Gasteiger partial charge in [-0.1, -0.05) is 26.8 Å². The molecule has 0 unspecified atom stereocenters. The van der Waals surface area contributed by atoms with Crippen LogP contribution in [0.3, 0.4) is 0 Å². The summed E-state index contributed by atoms with van der Waals surface area (Å²) in [6.45, 7) is 5.13. The molecule has 0 radical (unpaired) electrons. The fraction of sp³-hybridized carbons (Fsp3) is 0.545. The van der Waals surface area contributed by atoms with Crippen molar-refractivity contribution in [1.82, 2.24) is 10.2 Å². The van der Waals surface area contributed by atoms with Crippen molar-refractivity contribution in [3.05, 3.63) is 24.3 Å². The van der Waals surface area contributed by atoms with Gasteiger partial charge >= 0.3 is 12.0 Å². The summed E-state index contributed by atoms with van der Waals surface area (Å²) in [5.41, 5.74) is -0.595. The molecule has 4 amide bonds. The van der Waals surface area contributed by atoms with Crippen molar-refractivity contribution in [1.29, 1.82) is 0 Å². The van der Waals surface area contributed by atoms with E-state index in [1.165, 1.54) is 7.11 Å². The molecule has 1 aromatic rings. The van der Waals surface area contributed by atoms with Gasteiger partial charge in [0.1, 0.15) is 17.8 Å². The van der Waals surface area contributed by atoms with Crippen LogP contribution in [0, 0.1) is 11.3 Å². The quantitative estimate of drug-likeness (QED) is 0.528. The molecule has 9 nitrogen and oxygen atoms in total. The van der Waals surface area contributed by atoms with Gasteiger partial charge in [-0.05, 0) is 42.7 Å². The smallest absolute Gasteiger partial charge is 0.326 e. The summed E-state index contributed by atoms with van der Waals surface area (Å²) in [6.07, 6.45) is 2.02. The van der Waals surface area contributed by atoms with Gasteiger partial charge in [0.25, 0.3) is 11.8 Å². The van der Waals surface area contributed by atoms with Crippen LogP contribution < -0.4 is 15.4 Å². The second-order valence-electron chi connectivity index (χ2n) is 9.20. The Morgan fingerprint density at radius 3 is 2.68 bits per heavy atom. The summed E-state index contributed by atoms with van der Waals surface area (Å²) < 4.78 is 10.1. The zero-order valence-corrected chi connectivity index (χ0v) is 18.3. The van der Waals surface area contributed by atoms with E-state index in [-0.39, 0.29) is 11.3 Å². The number of urea groups is 1. The molecule has 31 heavy (non-hydrogen) atoms. The topological polar surface area (TPSA) is 114 Å². The zero-order chi connectivity index (χ0) is 22.8. The molecule has 1 saturated heterocycles. The number of benzene rings is 1. The van der Waals surface area contributed by atoms with E-state index in [1.54, 1.807) is 24.3 Å². The second-order valence-corrected chi connectivity index (χ2v) is 9.20. The second kappa shape index (κ2) is 8.56. The maximum absolute atomic E-state index is 13.0. The van der Waals surface area contributed by atoms with Crippen molar-refractivity contribution in [3.8, 4) is 5.75 Å². The van der Waals surface area contributed by atoms with Gasteiger partial charge < -0.3 is 20.1 Å². The number of esters is 1. The predicted octanol–water partition coefficient (Wildman–Crippen LogP) is 2.31. The Labute approximate surface area is 181 Å². The third kappa shape index (κ3) is 5.15. The molecule has 2 N–H and O–H groups in total. The molecule has 0 bridgehead atoms. The molecule has 2 aliphatic rings. The van der Waals surface area contributed by atoms with Gasteiger partial charge in [-0.3, -0.25) is 19.3 Å². The number of imide groups is 1. The maximum Gasteiger partial charge on any atom is 0.326 e. The summed E-state index contributed by atoms with van der Waals surface area (Å²) in [4.78, 5) is 50.6. The molecule has 3 rings (SSSR count). The van der Waals surface area contributed by atoms with Crippen molar-refractivity contribution >= 4 is 29.5 Å². The molecule has 2 fully saturated rings. The number of carbonyl (C=O) groups excluding carboxylic acids is 4. The lowest BCUT2D eigenvalue weighted by atomic mass is 9.64. The number of hydrogen-bond acceptors (Lipinski definition) is 6. The monoisotopic (exact) mass is 431 g/mol. The van der Waals surface area contributed by atoms with Gasteiger partial charge in [0.15, 0.2) is 6.61 Å². The lowest BCUT2D eigenvalue weighted by molar-refractivity contribution is -0.150. The van der Waals surface area contributed by atoms with Gasteiger partial charge in [-0.2, -0.15) is 0 Å². The van der Waals surface area contributed by atoms with E-state index in [0.717, 1.165) is 11.3 Å². The summed E-state index contributed by atoms with van der Waals surface area (Å²) >= 11 is 0. The highest BCUT2D eigenvalue weighted by atomic mass is 16.5. The van der Waals surface area contributed by atoms with E-state index in [2.05, 4.69) is 31.4 Å². The molecule has 1 aliphatic carbocycles. The Balaban J connectivity index is 1.55. The maximum atomic E-state index is 13.0. The number of nitrogens with one attached hydrogen (secondary N) is 2. The van der Waals surface area contributed by atoms with E-state index in [4.69, 9.17) is 9.47 Å². The number of methoxy groups -OCH3 is 1. The summed E-state index contributed by atoms with van der Waals surface area (Å²) in [5, 5.41) is 5.39. The van der Waals surface area contributed by atoms with Crippen LogP contribution in [-0.2, 0) is 19.1 Å². The predicted molar refractivity (Wildman–Crippen MR) is 112 cm³/mol. The van der Waals surface area contributed by atoms with Crippen LogP contribution in [-0.4, -0.2) is 54.5 Å². The Bertz CT molecular complexity index is 899. The minimum Gasteiger partial charge on any atom is -0.497 e. The minimum absolute atomic E-state index is 0.102. The first kappa shape index (κ1) is 22.6. The van der Waals surface area contributed by atoms with Crippen LogP contribution in [0.25, 0.3) is 0 Å². The molecule has 0 aromatic heterocycles. The molecule has 1 aromatic carbocycles. The fourth-order valence-corrected chi connectivity index (χ4v) is 4.87.